The van der Waals surface area contributed by atoms with Gasteiger partial charge >= 0.3 is 0 Å². The molecule has 2 rings (SSSR count). The lowest BCUT2D eigenvalue weighted by Gasteiger charge is -2.12. The molecule has 4 nitrogen and oxygen atoms in total. The van der Waals surface area contributed by atoms with E-state index >= 15 is 0 Å². The number of hydrogen-bond donors (Lipinski definition) is 1. The van der Waals surface area contributed by atoms with Gasteiger partial charge in [0.2, 0.25) is 0 Å². The van der Waals surface area contributed by atoms with Crippen molar-refractivity contribution in [1.82, 2.24) is 9.97 Å². The van der Waals surface area contributed by atoms with E-state index in [4.69, 9.17) is 4.74 Å². The Morgan fingerprint density at radius 2 is 2.05 bits per heavy atom. The summed E-state index contributed by atoms with van der Waals surface area (Å²) in [7, 11) is 0. The average Bonchev–Trinajstić information content (AvgIpc) is 2.42. The van der Waals surface area contributed by atoms with Gasteiger partial charge in [-0.2, -0.15) is 0 Å². The van der Waals surface area contributed by atoms with Gasteiger partial charge in [-0.25, -0.2) is 9.97 Å². The predicted molar refractivity (Wildman–Crippen MR) is 81.0 cm³/mol. The van der Waals surface area contributed by atoms with Gasteiger partial charge < -0.3 is 9.84 Å². The Kier molecular flexibility index (Phi) is 4.73. The number of hydrogen-bond acceptors (Lipinski definition) is 4. The molecule has 0 radical (unpaired) electrons. The summed E-state index contributed by atoms with van der Waals surface area (Å²) in [6.45, 7) is 5.84. The topological polar surface area (TPSA) is 55.2 Å². The Morgan fingerprint density at radius 1 is 1.30 bits per heavy atom. The van der Waals surface area contributed by atoms with Crippen molar-refractivity contribution in [2.45, 2.75) is 33.3 Å². The van der Waals surface area contributed by atoms with Crippen LogP contribution in [0.15, 0.2) is 28.9 Å². The zero-order valence-corrected chi connectivity index (χ0v) is 13.3. The monoisotopic (exact) mass is 336 g/mol. The van der Waals surface area contributed by atoms with Gasteiger partial charge in [-0.05, 0) is 40.5 Å². The van der Waals surface area contributed by atoms with Gasteiger partial charge in [-0.3, -0.25) is 0 Å². The second-order valence-corrected chi connectivity index (χ2v) is 5.74. The summed E-state index contributed by atoms with van der Waals surface area (Å²) < 4.78 is 6.64. The fourth-order valence-corrected chi connectivity index (χ4v) is 2.28. The molecule has 0 amide bonds. The van der Waals surface area contributed by atoms with Crippen molar-refractivity contribution >= 4 is 15.9 Å². The molecule has 0 unspecified atom stereocenters. The van der Waals surface area contributed by atoms with Crippen LogP contribution in [0, 0.1) is 6.92 Å². The summed E-state index contributed by atoms with van der Waals surface area (Å²) >= 11 is 3.46. The summed E-state index contributed by atoms with van der Waals surface area (Å²) in [5, 5.41) is 9.43. The lowest BCUT2D eigenvalue weighted by Crippen LogP contribution is -2.03. The number of aliphatic hydroxyl groups is 1. The molecule has 0 aliphatic heterocycles. The molecular weight excluding hydrogens is 320 g/mol. The van der Waals surface area contributed by atoms with Crippen LogP contribution >= 0.6 is 15.9 Å². The van der Waals surface area contributed by atoms with Crippen LogP contribution < -0.4 is 4.74 Å². The summed E-state index contributed by atoms with van der Waals surface area (Å²) in [4.78, 5) is 8.60. The van der Waals surface area contributed by atoms with Crippen molar-refractivity contribution in [3.63, 3.8) is 0 Å². The third-order valence-electron chi connectivity index (χ3n) is 2.82. The van der Waals surface area contributed by atoms with E-state index in [-0.39, 0.29) is 12.5 Å². The van der Waals surface area contributed by atoms with Crippen LogP contribution in [0.4, 0.5) is 0 Å². The molecule has 1 aromatic carbocycles. The Labute approximate surface area is 127 Å². The van der Waals surface area contributed by atoms with Crippen LogP contribution in [0.2, 0.25) is 0 Å². The third-order valence-corrected chi connectivity index (χ3v) is 3.44. The van der Waals surface area contributed by atoms with Gasteiger partial charge in [0.15, 0.2) is 5.75 Å². The molecule has 1 heterocycles. The highest BCUT2D eigenvalue weighted by molar-refractivity contribution is 9.10. The van der Waals surface area contributed by atoms with Crippen LogP contribution in [-0.4, -0.2) is 15.1 Å². The smallest absolute Gasteiger partial charge is 0.169 e. The second-order valence-electron chi connectivity index (χ2n) is 4.89. The van der Waals surface area contributed by atoms with E-state index in [1.54, 1.807) is 6.20 Å². The zero-order chi connectivity index (χ0) is 14.7. The molecule has 0 aliphatic carbocycles. The number of aromatic nitrogens is 2. The van der Waals surface area contributed by atoms with Crippen molar-refractivity contribution < 1.29 is 9.84 Å². The van der Waals surface area contributed by atoms with E-state index in [9.17, 15) is 5.11 Å². The third kappa shape index (κ3) is 3.35. The number of ether oxygens (including phenoxy) is 1. The molecule has 0 fully saturated rings. The minimum atomic E-state index is -0.180. The maximum absolute atomic E-state index is 9.43. The molecular formula is C15H17BrN2O2. The maximum Gasteiger partial charge on any atom is 0.169 e. The van der Waals surface area contributed by atoms with Crippen molar-refractivity contribution in [1.29, 1.82) is 0 Å². The van der Waals surface area contributed by atoms with Crippen LogP contribution in [0.5, 0.6) is 11.5 Å². The fourth-order valence-electron chi connectivity index (χ4n) is 1.71. The molecule has 1 N–H and O–H groups in total. The zero-order valence-electron chi connectivity index (χ0n) is 11.7. The van der Waals surface area contributed by atoms with Gasteiger partial charge in [-0.15, -0.1) is 0 Å². The summed E-state index contributed by atoms with van der Waals surface area (Å²) in [5.41, 5.74) is 1.63. The van der Waals surface area contributed by atoms with E-state index in [1.165, 1.54) is 0 Å². The minimum absolute atomic E-state index is 0.180. The van der Waals surface area contributed by atoms with Crippen molar-refractivity contribution in [2.75, 3.05) is 0 Å². The van der Waals surface area contributed by atoms with Crippen molar-refractivity contribution in [2.24, 2.45) is 0 Å². The van der Waals surface area contributed by atoms with E-state index < -0.39 is 0 Å². The number of halogens is 1. The van der Waals surface area contributed by atoms with E-state index in [0.717, 1.165) is 10.0 Å². The van der Waals surface area contributed by atoms with Crippen molar-refractivity contribution in [3.05, 3.63) is 46.0 Å². The highest BCUT2D eigenvalue weighted by Gasteiger charge is 2.12. The first-order valence-electron chi connectivity index (χ1n) is 6.42. The number of benzene rings is 1. The van der Waals surface area contributed by atoms with Gasteiger partial charge in [0, 0.05) is 5.92 Å². The molecule has 2 aromatic rings. The van der Waals surface area contributed by atoms with E-state index in [0.29, 0.717) is 23.0 Å². The van der Waals surface area contributed by atoms with Crippen LogP contribution in [-0.2, 0) is 6.61 Å². The SMILES string of the molecule is Cc1ccc(Oc2cnc(C(C)C)nc2CO)c(Br)c1. The first-order valence-corrected chi connectivity index (χ1v) is 7.21. The average molecular weight is 337 g/mol. The molecule has 0 saturated heterocycles. The highest BCUT2D eigenvalue weighted by atomic mass is 79.9. The lowest BCUT2D eigenvalue weighted by atomic mass is 10.2. The minimum Gasteiger partial charge on any atom is -0.453 e. The van der Waals surface area contributed by atoms with Gasteiger partial charge in [0.25, 0.3) is 0 Å². The van der Waals surface area contributed by atoms with Gasteiger partial charge in [0.05, 0.1) is 17.3 Å². The van der Waals surface area contributed by atoms with Crippen LogP contribution in [0.25, 0.3) is 0 Å². The van der Waals surface area contributed by atoms with Crippen LogP contribution in [0.3, 0.4) is 0 Å². The molecule has 20 heavy (non-hydrogen) atoms. The summed E-state index contributed by atoms with van der Waals surface area (Å²) in [5.74, 6) is 2.05. The number of rotatable bonds is 4. The predicted octanol–water partition coefficient (Wildman–Crippen LogP) is 3.96. The molecule has 5 heteroatoms. The Balaban J connectivity index is 2.33. The summed E-state index contributed by atoms with van der Waals surface area (Å²) in [6.07, 6.45) is 1.61. The first kappa shape index (κ1) is 14.9. The lowest BCUT2D eigenvalue weighted by molar-refractivity contribution is 0.269. The van der Waals surface area contributed by atoms with Crippen LogP contribution in [0.1, 0.15) is 36.8 Å². The molecule has 0 bridgehead atoms. The molecule has 106 valence electrons. The fraction of sp³-hybridized carbons (Fsp3) is 0.333. The molecule has 0 saturated carbocycles. The van der Waals surface area contributed by atoms with Gasteiger partial charge in [-0.1, -0.05) is 19.9 Å². The second kappa shape index (κ2) is 6.33. The van der Waals surface area contributed by atoms with Gasteiger partial charge in [0.1, 0.15) is 17.3 Å². The van der Waals surface area contributed by atoms with E-state index in [1.807, 2.05) is 39.0 Å². The Hall–Kier alpha value is -1.46. The normalized spacial score (nSPS) is 10.9. The molecule has 0 aliphatic rings. The highest BCUT2D eigenvalue weighted by Crippen LogP contribution is 2.31. The summed E-state index contributed by atoms with van der Waals surface area (Å²) in [6, 6.07) is 5.80. The van der Waals surface area contributed by atoms with Crippen molar-refractivity contribution in [3.8, 4) is 11.5 Å². The Morgan fingerprint density at radius 3 is 2.65 bits per heavy atom. The molecule has 0 atom stereocenters. The Bertz CT molecular complexity index is 615. The molecule has 0 spiro atoms. The first-order chi connectivity index (χ1) is 9.51. The quantitative estimate of drug-likeness (QED) is 0.918. The standard InChI is InChI=1S/C15H17BrN2O2/c1-9(2)15-17-7-14(12(8-19)18-15)20-13-5-4-10(3)6-11(13)16/h4-7,9,19H,8H2,1-3H3. The van der Waals surface area contributed by atoms with E-state index in [2.05, 4.69) is 25.9 Å². The number of aliphatic hydroxyl groups excluding tert-OH is 1. The number of nitrogens with zero attached hydrogens (tertiary/aromatic N) is 2. The molecule has 1 aromatic heterocycles. The largest absolute Gasteiger partial charge is 0.453 e. The number of aryl methyl sites for hydroxylation is 1. The maximum atomic E-state index is 9.43.